The molecular weight excluding hydrogens is 354 g/mol. The number of rotatable bonds is 3. The lowest BCUT2D eigenvalue weighted by Crippen LogP contribution is -2.48. The normalized spacial score (nSPS) is 17.7. The molecule has 0 amide bonds. The van der Waals surface area contributed by atoms with Gasteiger partial charge in [-0.05, 0) is 44.5 Å². The maximum Gasteiger partial charge on any atom is 0.0727 e. The number of hydrogen-bond acceptors (Lipinski definition) is 4. The first-order valence-electron chi connectivity index (χ1n) is 8.17. The van der Waals surface area contributed by atoms with Crippen LogP contribution in [-0.2, 0) is 0 Å². The first-order valence-corrected chi connectivity index (χ1v) is 8.97. The van der Waals surface area contributed by atoms with Gasteiger partial charge in [-0.25, -0.2) is 0 Å². The molecule has 0 bridgehead atoms. The summed E-state index contributed by atoms with van der Waals surface area (Å²) in [6.07, 6.45) is -0.261. The number of aliphatic hydroxyl groups excluding tert-OH is 1. The quantitative estimate of drug-likeness (QED) is 0.891. The Kier molecular flexibility index (Phi) is 4.90. The number of fused-ring (bicyclic) bond motifs is 1. The minimum absolute atomic E-state index is 0.261. The van der Waals surface area contributed by atoms with E-state index in [9.17, 15) is 5.11 Å². The second kappa shape index (κ2) is 6.75. The summed E-state index contributed by atoms with van der Waals surface area (Å²) < 4.78 is 1.09. The Labute approximate surface area is 146 Å². The number of aryl methyl sites for hydroxylation is 1. The number of aliphatic hydroxyl groups is 1. The van der Waals surface area contributed by atoms with Crippen LogP contribution in [0, 0.1) is 13.8 Å². The number of benzene rings is 1. The molecule has 1 saturated heterocycles. The van der Waals surface area contributed by atoms with Gasteiger partial charge in [0.25, 0.3) is 0 Å². The molecule has 0 spiro atoms. The van der Waals surface area contributed by atoms with Crippen LogP contribution in [0.15, 0.2) is 22.7 Å². The molecule has 1 N–H and O–H groups in total. The minimum Gasteiger partial charge on any atom is -0.392 e. The number of β-amino-alcohol motifs (C(OH)–C–C–N with tert-alkyl or cyclic N) is 1. The Balaban J connectivity index is 1.94. The van der Waals surface area contributed by atoms with E-state index in [0.717, 1.165) is 48.4 Å². The molecule has 0 unspecified atom stereocenters. The van der Waals surface area contributed by atoms with Crippen molar-refractivity contribution in [3.8, 4) is 0 Å². The van der Waals surface area contributed by atoms with Crippen molar-refractivity contribution in [1.82, 2.24) is 9.88 Å². The molecule has 124 valence electrons. The smallest absolute Gasteiger partial charge is 0.0727 e. The van der Waals surface area contributed by atoms with Gasteiger partial charge in [-0.15, -0.1) is 0 Å². The summed E-state index contributed by atoms with van der Waals surface area (Å²) in [6.45, 7) is 10.8. The maximum absolute atomic E-state index is 9.57. The van der Waals surface area contributed by atoms with Crippen molar-refractivity contribution in [2.24, 2.45) is 0 Å². The molecule has 3 rings (SSSR count). The van der Waals surface area contributed by atoms with Gasteiger partial charge in [-0.1, -0.05) is 15.9 Å². The summed E-state index contributed by atoms with van der Waals surface area (Å²) in [4.78, 5) is 9.54. The van der Waals surface area contributed by atoms with Gasteiger partial charge < -0.3 is 10.0 Å². The molecule has 2 aromatic rings. The summed E-state index contributed by atoms with van der Waals surface area (Å²) in [5, 5.41) is 10.8. The van der Waals surface area contributed by atoms with E-state index >= 15 is 0 Å². The van der Waals surface area contributed by atoms with E-state index in [0.29, 0.717) is 0 Å². The number of pyridine rings is 1. The summed E-state index contributed by atoms with van der Waals surface area (Å²) in [6, 6.07) is 6.31. The molecule has 4 nitrogen and oxygen atoms in total. The number of hydrogen-bond donors (Lipinski definition) is 1. The standard InChI is InChI=1S/C18H24BrN3O/c1-12(23)11-21-6-8-22(9-7-21)18-13(2)14(3)20-17-5-4-15(19)10-16(17)18/h4-5,10,12,23H,6-9,11H2,1-3H3/t12-/m1/s1. The first kappa shape index (κ1) is 16.7. The molecule has 5 heteroatoms. The van der Waals surface area contributed by atoms with Crippen molar-refractivity contribution >= 4 is 32.5 Å². The Morgan fingerprint density at radius 1 is 1.22 bits per heavy atom. The fourth-order valence-corrected chi connectivity index (χ4v) is 3.73. The molecule has 23 heavy (non-hydrogen) atoms. The Morgan fingerprint density at radius 2 is 1.91 bits per heavy atom. The Morgan fingerprint density at radius 3 is 2.57 bits per heavy atom. The molecule has 1 aromatic heterocycles. The third-order valence-electron chi connectivity index (χ3n) is 4.61. The van der Waals surface area contributed by atoms with E-state index in [2.05, 4.69) is 57.8 Å². The molecule has 1 aliphatic rings. The predicted octanol–water partition coefficient (Wildman–Crippen LogP) is 3.12. The molecular formula is C18H24BrN3O. The van der Waals surface area contributed by atoms with Crippen LogP contribution in [0.25, 0.3) is 10.9 Å². The van der Waals surface area contributed by atoms with E-state index in [1.54, 1.807) is 0 Å². The van der Waals surface area contributed by atoms with Crippen molar-refractivity contribution in [1.29, 1.82) is 0 Å². The van der Waals surface area contributed by atoms with Crippen LogP contribution >= 0.6 is 15.9 Å². The molecule has 0 aliphatic carbocycles. The lowest BCUT2D eigenvalue weighted by molar-refractivity contribution is 0.123. The van der Waals surface area contributed by atoms with Gasteiger partial charge in [-0.2, -0.15) is 0 Å². The minimum atomic E-state index is -0.261. The highest BCUT2D eigenvalue weighted by atomic mass is 79.9. The highest BCUT2D eigenvalue weighted by Crippen LogP contribution is 2.33. The van der Waals surface area contributed by atoms with E-state index < -0.39 is 0 Å². The average Bonchev–Trinajstić information content (AvgIpc) is 2.50. The van der Waals surface area contributed by atoms with E-state index in [-0.39, 0.29) is 6.10 Å². The van der Waals surface area contributed by atoms with Crippen LogP contribution in [0.2, 0.25) is 0 Å². The lowest BCUT2D eigenvalue weighted by atomic mass is 10.1. The fraction of sp³-hybridized carbons (Fsp3) is 0.500. The van der Waals surface area contributed by atoms with Crippen LogP contribution in [0.1, 0.15) is 18.2 Å². The van der Waals surface area contributed by atoms with Gasteiger partial charge >= 0.3 is 0 Å². The van der Waals surface area contributed by atoms with Gasteiger partial charge in [0.1, 0.15) is 0 Å². The topological polar surface area (TPSA) is 39.6 Å². The zero-order valence-electron chi connectivity index (χ0n) is 14.0. The largest absolute Gasteiger partial charge is 0.392 e. The number of nitrogens with zero attached hydrogens (tertiary/aromatic N) is 3. The van der Waals surface area contributed by atoms with Crippen molar-refractivity contribution in [3.05, 3.63) is 33.9 Å². The summed E-state index contributed by atoms with van der Waals surface area (Å²) in [7, 11) is 0. The zero-order chi connectivity index (χ0) is 16.6. The third-order valence-corrected chi connectivity index (χ3v) is 5.10. The van der Waals surface area contributed by atoms with Crippen LogP contribution in [0.4, 0.5) is 5.69 Å². The van der Waals surface area contributed by atoms with E-state index in [4.69, 9.17) is 4.98 Å². The predicted molar refractivity (Wildman–Crippen MR) is 99.3 cm³/mol. The molecule has 0 radical (unpaired) electrons. The molecule has 2 heterocycles. The van der Waals surface area contributed by atoms with Gasteiger partial charge in [0, 0.05) is 48.3 Å². The van der Waals surface area contributed by atoms with Crippen LogP contribution < -0.4 is 4.90 Å². The van der Waals surface area contributed by atoms with Gasteiger partial charge in [0.05, 0.1) is 17.3 Å². The maximum atomic E-state index is 9.57. The second-order valence-corrected chi connectivity index (χ2v) is 7.38. The Hall–Kier alpha value is -1.17. The van der Waals surface area contributed by atoms with E-state index in [1.807, 2.05) is 6.92 Å². The fourth-order valence-electron chi connectivity index (χ4n) is 3.37. The molecule has 1 aliphatic heterocycles. The van der Waals surface area contributed by atoms with Crippen LogP contribution in [0.5, 0.6) is 0 Å². The number of anilines is 1. The van der Waals surface area contributed by atoms with Crippen molar-refractivity contribution in [3.63, 3.8) is 0 Å². The monoisotopic (exact) mass is 377 g/mol. The van der Waals surface area contributed by atoms with Gasteiger partial charge in [0.15, 0.2) is 0 Å². The lowest BCUT2D eigenvalue weighted by Gasteiger charge is -2.38. The average molecular weight is 378 g/mol. The summed E-state index contributed by atoms with van der Waals surface area (Å²) in [5.74, 6) is 0. The SMILES string of the molecule is Cc1nc2ccc(Br)cc2c(N2CCN(C[C@@H](C)O)CC2)c1C. The third kappa shape index (κ3) is 3.52. The molecule has 1 atom stereocenters. The molecule has 1 aromatic carbocycles. The van der Waals surface area contributed by atoms with E-state index in [1.165, 1.54) is 16.6 Å². The van der Waals surface area contributed by atoms with Gasteiger partial charge in [-0.3, -0.25) is 9.88 Å². The highest BCUT2D eigenvalue weighted by molar-refractivity contribution is 9.10. The van der Waals surface area contributed by atoms with Crippen molar-refractivity contribution in [2.75, 3.05) is 37.6 Å². The summed E-state index contributed by atoms with van der Waals surface area (Å²) in [5.41, 5.74) is 4.73. The first-order chi connectivity index (χ1) is 11.0. The second-order valence-electron chi connectivity index (χ2n) is 6.47. The summed E-state index contributed by atoms with van der Waals surface area (Å²) >= 11 is 3.59. The number of piperazine rings is 1. The zero-order valence-corrected chi connectivity index (χ0v) is 15.6. The van der Waals surface area contributed by atoms with Crippen LogP contribution in [0.3, 0.4) is 0 Å². The van der Waals surface area contributed by atoms with Crippen molar-refractivity contribution in [2.45, 2.75) is 26.9 Å². The highest BCUT2D eigenvalue weighted by Gasteiger charge is 2.22. The van der Waals surface area contributed by atoms with Crippen LogP contribution in [-0.4, -0.2) is 53.8 Å². The molecule has 1 fully saturated rings. The van der Waals surface area contributed by atoms with Gasteiger partial charge in [0.2, 0.25) is 0 Å². The number of aromatic nitrogens is 1. The number of halogens is 1. The molecule has 0 saturated carbocycles. The Bertz CT molecular complexity index is 709. The van der Waals surface area contributed by atoms with Crippen molar-refractivity contribution < 1.29 is 5.11 Å².